The van der Waals surface area contributed by atoms with E-state index in [1.807, 2.05) is 55.5 Å². The molecule has 0 bridgehead atoms. The van der Waals surface area contributed by atoms with E-state index in [0.717, 1.165) is 35.3 Å². The summed E-state index contributed by atoms with van der Waals surface area (Å²) >= 11 is 0. The van der Waals surface area contributed by atoms with Gasteiger partial charge in [0.05, 0.1) is 16.5 Å². The smallest absolute Gasteiger partial charge is 0.264 e. The standard InChI is InChI=1S/C33H36N4O5S/c1-23-8-12-28(13-9-23)36-22-26(21-31(36)38)33(40)35-19-16-25(17-20-35)32(39)34-27-10-14-29(15-11-27)43(41,42)37-18-4-6-24-5-2-3-7-30(24)37/h2-3,5,7-15,25-26H,4,6,16-22H2,1H3,(H,34,39). The number of carbonyl (C=O) groups excluding carboxylic acids is 3. The van der Waals surface area contributed by atoms with Crippen LogP contribution < -0.4 is 14.5 Å². The molecule has 3 aromatic carbocycles. The van der Waals surface area contributed by atoms with E-state index < -0.39 is 10.0 Å². The molecule has 224 valence electrons. The van der Waals surface area contributed by atoms with Gasteiger partial charge < -0.3 is 15.1 Å². The van der Waals surface area contributed by atoms with E-state index in [1.165, 1.54) is 16.4 Å². The second-order valence-corrected chi connectivity index (χ2v) is 13.5. The van der Waals surface area contributed by atoms with Gasteiger partial charge in [-0.3, -0.25) is 18.7 Å². The van der Waals surface area contributed by atoms with E-state index in [-0.39, 0.29) is 40.9 Å². The van der Waals surface area contributed by atoms with Crippen LogP contribution in [0.15, 0.2) is 77.7 Å². The third-order valence-corrected chi connectivity index (χ3v) is 10.6. The van der Waals surface area contributed by atoms with Crippen molar-refractivity contribution in [3.8, 4) is 0 Å². The lowest BCUT2D eigenvalue weighted by molar-refractivity contribution is -0.138. The van der Waals surface area contributed by atoms with Crippen LogP contribution >= 0.6 is 0 Å². The highest BCUT2D eigenvalue weighted by Crippen LogP contribution is 2.32. The van der Waals surface area contributed by atoms with E-state index in [4.69, 9.17) is 0 Å². The van der Waals surface area contributed by atoms with Gasteiger partial charge in [-0.2, -0.15) is 0 Å². The van der Waals surface area contributed by atoms with E-state index >= 15 is 0 Å². The largest absolute Gasteiger partial charge is 0.342 e. The van der Waals surface area contributed by atoms with Crippen LogP contribution in [0.4, 0.5) is 17.1 Å². The maximum Gasteiger partial charge on any atom is 0.264 e. The number of carbonyl (C=O) groups is 3. The molecule has 9 nitrogen and oxygen atoms in total. The number of piperidine rings is 1. The van der Waals surface area contributed by atoms with Crippen molar-refractivity contribution in [2.24, 2.45) is 11.8 Å². The number of rotatable bonds is 6. The first kappa shape index (κ1) is 28.9. The number of nitrogens with one attached hydrogen (secondary N) is 1. The van der Waals surface area contributed by atoms with Gasteiger partial charge >= 0.3 is 0 Å². The Labute approximate surface area is 252 Å². The number of para-hydroxylation sites is 1. The van der Waals surface area contributed by atoms with Crippen LogP contribution in [0.3, 0.4) is 0 Å². The quantitative estimate of drug-likeness (QED) is 0.452. The summed E-state index contributed by atoms with van der Waals surface area (Å²) in [6.07, 6.45) is 2.87. The lowest BCUT2D eigenvalue weighted by Crippen LogP contribution is -2.44. The molecule has 3 aliphatic rings. The molecule has 3 aromatic rings. The number of sulfonamides is 1. The minimum Gasteiger partial charge on any atom is -0.342 e. The molecule has 1 N–H and O–H groups in total. The van der Waals surface area contributed by atoms with Crippen molar-refractivity contribution >= 4 is 44.8 Å². The summed E-state index contributed by atoms with van der Waals surface area (Å²) in [6.45, 7) is 3.71. The number of anilines is 3. The van der Waals surface area contributed by atoms with Gasteiger partial charge in [-0.1, -0.05) is 35.9 Å². The van der Waals surface area contributed by atoms with E-state index in [1.54, 1.807) is 21.9 Å². The summed E-state index contributed by atoms with van der Waals surface area (Å²) in [5.74, 6) is -0.862. The molecule has 0 aliphatic carbocycles. The SMILES string of the molecule is Cc1ccc(N2CC(C(=O)N3CCC(C(=O)Nc4ccc(S(=O)(=O)N5CCCc6ccccc65)cc4)CC3)CC2=O)cc1. The fourth-order valence-electron chi connectivity index (χ4n) is 6.30. The minimum atomic E-state index is -3.73. The molecule has 1 unspecified atom stereocenters. The Bertz CT molecular complexity index is 1630. The molecule has 0 saturated carbocycles. The molecule has 3 amide bonds. The zero-order valence-corrected chi connectivity index (χ0v) is 25.1. The molecule has 0 aromatic heterocycles. The van der Waals surface area contributed by atoms with E-state index in [2.05, 4.69) is 5.32 Å². The summed E-state index contributed by atoms with van der Waals surface area (Å²) in [7, 11) is -3.73. The van der Waals surface area contributed by atoms with Crippen molar-refractivity contribution in [3.05, 3.63) is 83.9 Å². The highest BCUT2D eigenvalue weighted by atomic mass is 32.2. The van der Waals surface area contributed by atoms with Crippen molar-refractivity contribution in [1.29, 1.82) is 0 Å². The fraction of sp³-hybridized carbons (Fsp3) is 0.364. The third kappa shape index (κ3) is 5.88. The molecule has 2 fully saturated rings. The molecular weight excluding hydrogens is 564 g/mol. The lowest BCUT2D eigenvalue weighted by Gasteiger charge is -2.33. The van der Waals surface area contributed by atoms with Crippen LogP contribution in [0.5, 0.6) is 0 Å². The monoisotopic (exact) mass is 600 g/mol. The average molecular weight is 601 g/mol. The van der Waals surface area contributed by atoms with Crippen molar-refractivity contribution < 1.29 is 22.8 Å². The normalized spacial score (nSPS) is 19.3. The Balaban J connectivity index is 1.02. The highest BCUT2D eigenvalue weighted by molar-refractivity contribution is 7.92. The zero-order valence-electron chi connectivity index (χ0n) is 24.2. The first-order chi connectivity index (χ1) is 20.7. The van der Waals surface area contributed by atoms with E-state index in [9.17, 15) is 22.8 Å². The maximum absolute atomic E-state index is 13.4. The number of benzene rings is 3. The summed E-state index contributed by atoms with van der Waals surface area (Å²) in [5.41, 5.74) is 4.19. The molecule has 2 saturated heterocycles. The van der Waals surface area contributed by atoms with Gasteiger partial charge in [-0.05, 0) is 80.6 Å². The van der Waals surface area contributed by atoms with Crippen LogP contribution in [0.2, 0.25) is 0 Å². The van der Waals surface area contributed by atoms with E-state index in [0.29, 0.717) is 44.7 Å². The zero-order chi connectivity index (χ0) is 30.1. The number of hydrogen-bond acceptors (Lipinski definition) is 5. The molecule has 0 spiro atoms. The number of aryl methyl sites for hydroxylation is 2. The average Bonchev–Trinajstić information content (AvgIpc) is 3.42. The fourth-order valence-corrected chi connectivity index (χ4v) is 7.84. The van der Waals surface area contributed by atoms with Gasteiger partial charge in [-0.15, -0.1) is 0 Å². The van der Waals surface area contributed by atoms with Crippen molar-refractivity contribution in [2.75, 3.05) is 40.7 Å². The van der Waals surface area contributed by atoms with Crippen LogP contribution in [0.25, 0.3) is 0 Å². The molecule has 0 radical (unpaired) electrons. The van der Waals surface area contributed by atoms with Crippen LogP contribution in [0.1, 0.15) is 36.8 Å². The summed E-state index contributed by atoms with van der Waals surface area (Å²) < 4.78 is 28.3. The minimum absolute atomic E-state index is 0.0325. The molecule has 43 heavy (non-hydrogen) atoms. The first-order valence-electron chi connectivity index (χ1n) is 14.9. The van der Waals surface area contributed by atoms with Crippen LogP contribution in [-0.4, -0.2) is 57.2 Å². The maximum atomic E-state index is 13.4. The second kappa shape index (κ2) is 11.8. The Hall–Kier alpha value is -4.18. The van der Waals surface area contributed by atoms with Gasteiger partial charge in [0, 0.05) is 49.9 Å². The topological polar surface area (TPSA) is 107 Å². The van der Waals surface area contributed by atoms with Crippen LogP contribution in [0, 0.1) is 18.8 Å². The van der Waals surface area contributed by atoms with Gasteiger partial charge in [0.2, 0.25) is 17.7 Å². The van der Waals surface area contributed by atoms with Crippen molar-refractivity contribution in [1.82, 2.24) is 4.90 Å². The number of likely N-dealkylation sites (tertiary alicyclic amines) is 1. The third-order valence-electron chi connectivity index (χ3n) is 8.77. The number of fused-ring (bicyclic) bond motifs is 1. The Morgan fingerprint density at radius 1 is 0.860 bits per heavy atom. The summed E-state index contributed by atoms with van der Waals surface area (Å²) in [4.78, 5) is 42.6. The van der Waals surface area contributed by atoms with Gasteiger partial charge in [0.1, 0.15) is 0 Å². The van der Waals surface area contributed by atoms with Gasteiger partial charge in [0.25, 0.3) is 10.0 Å². The molecule has 3 heterocycles. The lowest BCUT2D eigenvalue weighted by atomic mass is 9.94. The molecular formula is C33H36N4O5S. The van der Waals surface area contributed by atoms with Crippen molar-refractivity contribution in [3.63, 3.8) is 0 Å². The molecule has 10 heteroatoms. The highest BCUT2D eigenvalue weighted by Gasteiger charge is 2.38. The summed E-state index contributed by atoms with van der Waals surface area (Å²) in [5, 5.41) is 2.92. The van der Waals surface area contributed by atoms with Crippen LogP contribution in [-0.2, 0) is 30.8 Å². The number of hydrogen-bond donors (Lipinski definition) is 1. The Morgan fingerprint density at radius 2 is 1.56 bits per heavy atom. The predicted molar refractivity (Wildman–Crippen MR) is 165 cm³/mol. The Kier molecular flexibility index (Phi) is 7.96. The van der Waals surface area contributed by atoms with Crippen molar-refractivity contribution in [2.45, 2.75) is 43.9 Å². The molecule has 6 rings (SSSR count). The predicted octanol–water partition coefficient (Wildman–Crippen LogP) is 4.37. The molecule has 1 atom stereocenters. The Morgan fingerprint density at radius 3 is 2.28 bits per heavy atom. The number of amides is 3. The first-order valence-corrected chi connectivity index (χ1v) is 16.3. The van der Waals surface area contributed by atoms with Gasteiger partial charge in [0.15, 0.2) is 0 Å². The summed E-state index contributed by atoms with van der Waals surface area (Å²) in [6, 6.07) is 21.6. The number of nitrogens with zero attached hydrogens (tertiary/aromatic N) is 3. The molecule has 3 aliphatic heterocycles. The van der Waals surface area contributed by atoms with Gasteiger partial charge in [-0.25, -0.2) is 8.42 Å². The second-order valence-electron chi connectivity index (χ2n) is 11.7.